The topological polar surface area (TPSA) is 54.7 Å². The van der Waals surface area contributed by atoms with E-state index in [1.807, 2.05) is 34.8 Å². The molecule has 1 N–H and O–H groups in total. The normalized spacial score (nSPS) is 15.3. The van der Waals surface area contributed by atoms with E-state index >= 15 is 0 Å². The predicted molar refractivity (Wildman–Crippen MR) is 121 cm³/mol. The summed E-state index contributed by atoms with van der Waals surface area (Å²) in [5.41, 5.74) is 2.50. The van der Waals surface area contributed by atoms with E-state index in [-0.39, 0.29) is 0 Å². The van der Waals surface area contributed by atoms with E-state index in [2.05, 4.69) is 38.3 Å². The molecule has 3 aromatic rings. The Balaban J connectivity index is 1.47. The summed E-state index contributed by atoms with van der Waals surface area (Å²) in [6.45, 7) is 3.65. The third-order valence-electron chi connectivity index (χ3n) is 5.39. The Morgan fingerprint density at radius 3 is 2.90 bits per heavy atom. The molecule has 1 aliphatic rings. The lowest BCUT2D eigenvalue weighted by Crippen LogP contribution is -2.37. The van der Waals surface area contributed by atoms with Crippen LogP contribution in [0.4, 0.5) is 5.82 Å². The summed E-state index contributed by atoms with van der Waals surface area (Å²) in [5, 5.41) is 8.67. The number of hydrogen-bond donors (Lipinski definition) is 1. The van der Waals surface area contributed by atoms with Crippen molar-refractivity contribution in [1.82, 2.24) is 19.5 Å². The maximum atomic E-state index is 6.40. The van der Waals surface area contributed by atoms with Crippen LogP contribution in [0, 0.1) is 0 Å². The highest BCUT2D eigenvalue weighted by atomic mass is 79.9. The molecule has 1 aromatic carbocycles. The number of aromatic nitrogens is 3. The van der Waals surface area contributed by atoms with Gasteiger partial charge in [-0.3, -0.25) is 0 Å². The summed E-state index contributed by atoms with van der Waals surface area (Å²) >= 11 is 9.95. The molecule has 1 fully saturated rings. The summed E-state index contributed by atoms with van der Waals surface area (Å²) in [7, 11) is 2.21. The summed E-state index contributed by atoms with van der Waals surface area (Å²) in [6, 6.07) is 10.4. The van der Waals surface area contributed by atoms with Crippen molar-refractivity contribution in [2.45, 2.75) is 25.3 Å². The highest BCUT2D eigenvalue weighted by molar-refractivity contribution is 9.10. The first-order valence-electron chi connectivity index (χ1n) is 9.94. The standard InChI is InChI=1S/C21H25BrClN5O/c1-27(15-7-11-29-12-8-15)10-4-9-24-20-13-19(16-5-2-3-6-18(16)23)26-21-17(22)14-25-28(20)21/h2-3,5-6,13-15,24H,4,7-12H2,1H3. The summed E-state index contributed by atoms with van der Waals surface area (Å²) in [5.74, 6) is 0.907. The minimum absolute atomic E-state index is 0.630. The number of anilines is 1. The van der Waals surface area contributed by atoms with Crippen molar-refractivity contribution in [3.05, 3.63) is 46.0 Å². The van der Waals surface area contributed by atoms with Gasteiger partial charge < -0.3 is 15.0 Å². The highest BCUT2D eigenvalue weighted by Gasteiger charge is 2.18. The van der Waals surface area contributed by atoms with Gasteiger partial charge in [-0.1, -0.05) is 29.8 Å². The minimum atomic E-state index is 0.630. The van der Waals surface area contributed by atoms with Crippen molar-refractivity contribution >= 4 is 39.0 Å². The first-order valence-corrected chi connectivity index (χ1v) is 11.1. The molecule has 0 atom stereocenters. The van der Waals surface area contributed by atoms with Crippen molar-refractivity contribution in [3.8, 4) is 11.3 Å². The quantitative estimate of drug-likeness (QED) is 0.498. The fourth-order valence-corrected chi connectivity index (χ4v) is 4.30. The number of nitrogens with zero attached hydrogens (tertiary/aromatic N) is 4. The van der Waals surface area contributed by atoms with E-state index in [4.69, 9.17) is 21.3 Å². The van der Waals surface area contributed by atoms with Crippen LogP contribution in [0.5, 0.6) is 0 Å². The van der Waals surface area contributed by atoms with Gasteiger partial charge in [0.05, 0.1) is 16.4 Å². The number of ether oxygens (including phenoxy) is 1. The maximum absolute atomic E-state index is 6.40. The van der Waals surface area contributed by atoms with E-state index in [0.717, 1.165) is 72.8 Å². The Morgan fingerprint density at radius 2 is 2.10 bits per heavy atom. The van der Waals surface area contributed by atoms with Crippen LogP contribution < -0.4 is 5.32 Å². The molecule has 4 rings (SSSR count). The first-order chi connectivity index (χ1) is 14.1. The number of fused-ring (bicyclic) bond motifs is 1. The lowest BCUT2D eigenvalue weighted by Gasteiger charge is -2.31. The van der Waals surface area contributed by atoms with Crippen molar-refractivity contribution < 1.29 is 4.74 Å². The summed E-state index contributed by atoms with van der Waals surface area (Å²) < 4.78 is 8.15. The molecule has 0 saturated carbocycles. The van der Waals surface area contributed by atoms with Gasteiger partial charge in [0, 0.05) is 42.5 Å². The van der Waals surface area contributed by atoms with E-state index in [1.54, 1.807) is 6.20 Å². The molecule has 1 saturated heterocycles. The molecular formula is C21H25BrClN5O. The molecule has 0 amide bonds. The monoisotopic (exact) mass is 477 g/mol. The molecule has 1 aliphatic heterocycles. The van der Waals surface area contributed by atoms with Crippen molar-refractivity contribution in [1.29, 1.82) is 0 Å². The minimum Gasteiger partial charge on any atom is -0.381 e. The number of hydrogen-bond acceptors (Lipinski definition) is 5. The average molecular weight is 479 g/mol. The van der Waals surface area contributed by atoms with Crippen LogP contribution in [0.2, 0.25) is 5.02 Å². The third kappa shape index (κ3) is 4.74. The van der Waals surface area contributed by atoms with Gasteiger partial charge in [-0.15, -0.1) is 0 Å². The second-order valence-corrected chi connectivity index (χ2v) is 8.60. The molecule has 0 aliphatic carbocycles. The molecule has 0 bridgehead atoms. The molecule has 0 unspecified atom stereocenters. The van der Waals surface area contributed by atoms with Crippen molar-refractivity contribution in [3.63, 3.8) is 0 Å². The fourth-order valence-electron chi connectivity index (χ4n) is 3.72. The summed E-state index contributed by atoms with van der Waals surface area (Å²) in [6.07, 6.45) is 5.05. The maximum Gasteiger partial charge on any atom is 0.172 e. The number of nitrogens with one attached hydrogen (secondary N) is 1. The van der Waals surface area contributed by atoms with Gasteiger partial charge in [-0.25, -0.2) is 4.98 Å². The van der Waals surface area contributed by atoms with Gasteiger partial charge in [-0.05, 0) is 54.9 Å². The van der Waals surface area contributed by atoms with Crippen LogP contribution in [-0.4, -0.2) is 58.9 Å². The molecule has 0 radical (unpaired) electrons. The van der Waals surface area contributed by atoms with Gasteiger partial charge in [-0.2, -0.15) is 9.61 Å². The van der Waals surface area contributed by atoms with Crippen LogP contribution >= 0.6 is 27.5 Å². The van der Waals surface area contributed by atoms with Gasteiger partial charge in [0.25, 0.3) is 0 Å². The van der Waals surface area contributed by atoms with E-state index in [9.17, 15) is 0 Å². The second-order valence-electron chi connectivity index (χ2n) is 7.34. The van der Waals surface area contributed by atoms with Crippen molar-refractivity contribution in [2.75, 3.05) is 38.7 Å². The van der Waals surface area contributed by atoms with E-state index in [1.165, 1.54) is 0 Å². The van der Waals surface area contributed by atoms with Gasteiger partial charge in [0.1, 0.15) is 5.82 Å². The molecule has 3 heterocycles. The zero-order chi connectivity index (χ0) is 20.2. The van der Waals surface area contributed by atoms with Crippen LogP contribution in [-0.2, 0) is 4.74 Å². The molecule has 0 spiro atoms. The molecule has 29 heavy (non-hydrogen) atoms. The smallest absolute Gasteiger partial charge is 0.172 e. The highest BCUT2D eigenvalue weighted by Crippen LogP contribution is 2.30. The molecule has 2 aromatic heterocycles. The molecular weight excluding hydrogens is 454 g/mol. The largest absolute Gasteiger partial charge is 0.381 e. The number of rotatable bonds is 7. The Kier molecular flexibility index (Phi) is 6.70. The van der Waals surface area contributed by atoms with Gasteiger partial charge in [0.2, 0.25) is 0 Å². The van der Waals surface area contributed by atoms with Crippen molar-refractivity contribution in [2.24, 2.45) is 0 Å². The van der Waals surface area contributed by atoms with Crippen LogP contribution in [0.15, 0.2) is 41.0 Å². The van der Waals surface area contributed by atoms with Crippen LogP contribution in [0.25, 0.3) is 16.9 Å². The molecule has 154 valence electrons. The second kappa shape index (κ2) is 9.43. The SMILES string of the molecule is CN(CCCNc1cc(-c2ccccc2Cl)nc2c(Br)cnn12)C1CCOCC1. The van der Waals surface area contributed by atoms with Crippen LogP contribution in [0.1, 0.15) is 19.3 Å². The lowest BCUT2D eigenvalue weighted by molar-refractivity contribution is 0.0430. The average Bonchev–Trinajstić information content (AvgIpc) is 3.13. The Hall–Kier alpha value is -1.67. The van der Waals surface area contributed by atoms with Gasteiger partial charge in [0.15, 0.2) is 5.65 Å². The Bertz CT molecular complexity index is 973. The number of benzene rings is 1. The number of halogens is 2. The third-order valence-corrected chi connectivity index (χ3v) is 6.28. The van der Waals surface area contributed by atoms with E-state index < -0.39 is 0 Å². The molecule has 8 heteroatoms. The zero-order valence-corrected chi connectivity index (χ0v) is 18.8. The zero-order valence-electron chi connectivity index (χ0n) is 16.4. The van der Waals surface area contributed by atoms with Gasteiger partial charge >= 0.3 is 0 Å². The van der Waals surface area contributed by atoms with E-state index in [0.29, 0.717) is 11.1 Å². The molecule has 6 nitrogen and oxygen atoms in total. The lowest BCUT2D eigenvalue weighted by atomic mass is 10.1. The Labute approximate surface area is 184 Å². The predicted octanol–water partition coefficient (Wildman–Crippen LogP) is 4.73. The van der Waals surface area contributed by atoms with Crippen LogP contribution in [0.3, 0.4) is 0 Å². The summed E-state index contributed by atoms with van der Waals surface area (Å²) in [4.78, 5) is 7.20. The first kappa shape index (κ1) is 20.6. The fraction of sp³-hybridized carbons (Fsp3) is 0.429. The Morgan fingerprint density at radius 1 is 1.31 bits per heavy atom.